The van der Waals surface area contributed by atoms with Gasteiger partial charge in [0.25, 0.3) is 0 Å². The zero-order chi connectivity index (χ0) is 16.8. The molecule has 0 aliphatic carbocycles. The van der Waals surface area contributed by atoms with Crippen LogP contribution in [-0.4, -0.2) is 22.2 Å². The molecule has 0 saturated heterocycles. The number of Topliss-reactive ketones (excluding diaryl/α,β-unsaturated/α-hetero) is 1. The molecule has 0 fully saturated rings. The predicted molar refractivity (Wildman–Crippen MR) is 96.9 cm³/mol. The van der Waals surface area contributed by atoms with Gasteiger partial charge < -0.3 is 4.40 Å². The summed E-state index contributed by atoms with van der Waals surface area (Å²) < 4.78 is 4.99. The van der Waals surface area contributed by atoms with Crippen LogP contribution in [0.15, 0.2) is 53.7 Å². The van der Waals surface area contributed by atoms with E-state index in [9.17, 15) is 4.79 Å². The minimum absolute atomic E-state index is 0.0428. The van der Waals surface area contributed by atoms with Gasteiger partial charge in [-0.25, -0.2) is 0 Å². The molecular formula is C18H21N3OS. The molecule has 3 aromatic rings. The topological polar surface area (TPSA) is 46.4 Å². The summed E-state index contributed by atoms with van der Waals surface area (Å²) in [7, 11) is 1.88. The fraction of sp³-hybridized carbons (Fsp3) is 0.222. The van der Waals surface area contributed by atoms with Crippen molar-refractivity contribution < 1.29 is 4.79 Å². The Balaban J connectivity index is 0.000000924. The summed E-state index contributed by atoms with van der Waals surface area (Å²) in [6, 6.07) is 11.8. The van der Waals surface area contributed by atoms with Crippen LogP contribution in [0.5, 0.6) is 0 Å². The third-order valence-electron chi connectivity index (χ3n) is 3.26. The Labute approximate surface area is 141 Å². The zero-order valence-corrected chi connectivity index (χ0v) is 14.6. The number of aromatic nitrogens is 2. The molecular weight excluding hydrogens is 306 g/mol. The number of pyridine rings is 2. The molecule has 4 nitrogen and oxygen atoms in total. The molecule has 5 heteroatoms. The van der Waals surface area contributed by atoms with Crippen LogP contribution in [-0.2, 0) is 0 Å². The summed E-state index contributed by atoms with van der Waals surface area (Å²) in [5.74, 6) is 0.0428. The lowest BCUT2D eigenvalue weighted by Crippen LogP contribution is -1.98. The number of rotatable bonds is 4. The first-order valence-corrected chi connectivity index (χ1v) is 8.43. The number of hydrogen-bond donors (Lipinski definition) is 1. The molecule has 0 amide bonds. The summed E-state index contributed by atoms with van der Waals surface area (Å²) in [5, 5.41) is 0. The van der Waals surface area contributed by atoms with Crippen molar-refractivity contribution in [2.24, 2.45) is 0 Å². The molecule has 0 aliphatic rings. The van der Waals surface area contributed by atoms with Gasteiger partial charge in [0, 0.05) is 29.8 Å². The molecule has 120 valence electrons. The smallest absolute Gasteiger partial charge is 0.176 e. The second-order valence-electron chi connectivity index (χ2n) is 4.64. The van der Waals surface area contributed by atoms with E-state index in [-0.39, 0.29) is 5.78 Å². The Morgan fingerprint density at radius 2 is 2.00 bits per heavy atom. The minimum atomic E-state index is 0.0428. The van der Waals surface area contributed by atoms with Crippen LogP contribution in [0.2, 0.25) is 0 Å². The highest BCUT2D eigenvalue weighted by Gasteiger charge is 2.14. The van der Waals surface area contributed by atoms with Crippen molar-refractivity contribution in [1.82, 2.24) is 14.1 Å². The van der Waals surface area contributed by atoms with Crippen LogP contribution >= 0.6 is 11.9 Å². The number of nitrogens with zero attached hydrogens (tertiary/aromatic N) is 2. The molecule has 0 aromatic carbocycles. The van der Waals surface area contributed by atoms with Gasteiger partial charge in [0.1, 0.15) is 0 Å². The van der Waals surface area contributed by atoms with Crippen LogP contribution < -0.4 is 4.72 Å². The van der Waals surface area contributed by atoms with Crippen molar-refractivity contribution in [3.63, 3.8) is 0 Å². The first-order valence-electron chi connectivity index (χ1n) is 7.61. The first-order chi connectivity index (χ1) is 11.2. The van der Waals surface area contributed by atoms with Crippen LogP contribution in [0.4, 0.5) is 0 Å². The van der Waals surface area contributed by atoms with Gasteiger partial charge in [0.15, 0.2) is 5.78 Å². The summed E-state index contributed by atoms with van der Waals surface area (Å²) >= 11 is 1.54. The molecule has 3 aromatic heterocycles. The lowest BCUT2D eigenvalue weighted by atomic mass is 10.1. The normalized spacial score (nSPS) is 10.3. The minimum Gasteiger partial charge on any atom is -0.313 e. The predicted octanol–water partition coefficient (Wildman–Crippen LogP) is 4.46. The van der Waals surface area contributed by atoms with E-state index in [1.807, 2.05) is 61.8 Å². The second kappa shape index (κ2) is 7.94. The number of nitrogens with one attached hydrogen (secondary N) is 1. The first kappa shape index (κ1) is 17.2. The van der Waals surface area contributed by atoms with Gasteiger partial charge in [-0.2, -0.15) is 0 Å². The van der Waals surface area contributed by atoms with Crippen molar-refractivity contribution in [2.45, 2.75) is 25.7 Å². The fourth-order valence-electron chi connectivity index (χ4n) is 2.36. The third-order valence-corrected chi connectivity index (χ3v) is 3.96. The SMILES string of the molecule is CC.CNSc1ccn2c(C(C)=O)cc(-c3ccccn3)c2c1. The molecule has 0 saturated carbocycles. The molecule has 0 unspecified atom stereocenters. The second-order valence-corrected chi connectivity index (χ2v) is 5.72. The van der Waals surface area contributed by atoms with Crippen LogP contribution in [0.1, 0.15) is 31.3 Å². The van der Waals surface area contributed by atoms with Gasteiger partial charge >= 0.3 is 0 Å². The van der Waals surface area contributed by atoms with E-state index in [4.69, 9.17) is 0 Å². The van der Waals surface area contributed by atoms with Gasteiger partial charge in [-0.15, -0.1) is 0 Å². The summed E-state index contributed by atoms with van der Waals surface area (Å²) in [5.41, 5.74) is 3.50. The standard InChI is InChI=1S/C16H15N3OS.C2H6/c1-11(20)15-10-13(14-5-3-4-7-18-14)16-9-12(21-17-2)6-8-19(15)16;1-2/h3-10,17H,1-2H3;1-2H3. The number of carbonyl (C=O) groups is 1. The molecule has 0 aliphatic heterocycles. The highest BCUT2D eigenvalue weighted by molar-refractivity contribution is 7.97. The van der Waals surface area contributed by atoms with Crippen molar-refractivity contribution in [2.75, 3.05) is 7.05 Å². The van der Waals surface area contributed by atoms with Crippen molar-refractivity contribution >= 4 is 23.2 Å². The van der Waals surface area contributed by atoms with E-state index in [1.54, 1.807) is 25.1 Å². The Bertz CT molecular complexity index is 797. The van der Waals surface area contributed by atoms with E-state index in [0.29, 0.717) is 5.69 Å². The average Bonchev–Trinajstić information content (AvgIpc) is 2.97. The maximum atomic E-state index is 11.9. The van der Waals surface area contributed by atoms with E-state index < -0.39 is 0 Å². The van der Waals surface area contributed by atoms with Crippen molar-refractivity contribution in [1.29, 1.82) is 0 Å². The number of hydrogen-bond acceptors (Lipinski definition) is 4. The molecule has 3 rings (SSSR count). The molecule has 0 spiro atoms. The summed E-state index contributed by atoms with van der Waals surface area (Å²) in [6.07, 6.45) is 3.69. The largest absolute Gasteiger partial charge is 0.313 e. The summed E-state index contributed by atoms with van der Waals surface area (Å²) in [6.45, 7) is 5.58. The highest BCUT2D eigenvalue weighted by atomic mass is 32.2. The van der Waals surface area contributed by atoms with E-state index in [2.05, 4.69) is 15.8 Å². The van der Waals surface area contributed by atoms with Gasteiger partial charge in [0.2, 0.25) is 0 Å². The zero-order valence-electron chi connectivity index (χ0n) is 13.8. The fourth-order valence-corrected chi connectivity index (χ4v) is 2.89. The van der Waals surface area contributed by atoms with E-state index in [1.165, 1.54) is 0 Å². The van der Waals surface area contributed by atoms with Crippen LogP contribution in [0.3, 0.4) is 0 Å². The number of fused-ring (bicyclic) bond motifs is 1. The molecule has 3 heterocycles. The lowest BCUT2D eigenvalue weighted by molar-refractivity contribution is 0.101. The van der Waals surface area contributed by atoms with Gasteiger partial charge in [-0.1, -0.05) is 19.9 Å². The van der Waals surface area contributed by atoms with Crippen LogP contribution in [0, 0.1) is 0 Å². The molecule has 23 heavy (non-hydrogen) atoms. The number of ketones is 1. The van der Waals surface area contributed by atoms with Crippen molar-refractivity contribution in [3.05, 3.63) is 54.5 Å². The molecule has 0 atom stereocenters. The van der Waals surface area contributed by atoms with Gasteiger partial charge in [0.05, 0.1) is 16.9 Å². The Morgan fingerprint density at radius 3 is 2.61 bits per heavy atom. The van der Waals surface area contributed by atoms with Gasteiger partial charge in [-0.05, 0) is 49.3 Å². The highest BCUT2D eigenvalue weighted by Crippen LogP contribution is 2.29. The van der Waals surface area contributed by atoms with Gasteiger partial charge in [-0.3, -0.25) is 14.5 Å². The molecule has 0 bridgehead atoms. The number of carbonyl (C=O) groups excluding carboxylic acids is 1. The Morgan fingerprint density at radius 1 is 1.22 bits per heavy atom. The van der Waals surface area contributed by atoms with E-state index in [0.717, 1.165) is 21.7 Å². The van der Waals surface area contributed by atoms with Crippen molar-refractivity contribution in [3.8, 4) is 11.3 Å². The Hall–Kier alpha value is -2.11. The third kappa shape index (κ3) is 3.63. The average molecular weight is 327 g/mol. The van der Waals surface area contributed by atoms with E-state index >= 15 is 0 Å². The monoisotopic (exact) mass is 327 g/mol. The Kier molecular flexibility index (Phi) is 5.96. The quantitative estimate of drug-likeness (QED) is 0.568. The maximum Gasteiger partial charge on any atom is 0.176 e. The lowest BCUT2D eigenvalue weighted by Gasteiger charge is -2.04. The molecule has 1 N–H and O–H groups in total. The summed E-state index contributed by atoms with van der Waals surface area (Å²) in [4.78, 5) is 17.3. The molecule has 0 radical (unpaired) electrons. The van der Waals surface area contributed by atoms with Crippen LogP contribution in [0.25, 0.3) is 16.8 Å². The maximum absolute atomic E-state index is 11.9.